The van der Waals surface area contributed by atoms with Gasteiger partial charge in [0.15, 0.2) is 0 Å². The van der Waals surface area contributed by atoms with E-state index in [0.29, 0.717) is 25.6 Å². The summed E-state index contributed by atoms with van der Waals surface area (Å²) in [5.41, 5.74) is 5.58. The van der Waals surface area contributed by atoms with Gasteiger partial charge < -0.3 is 15.2 Å². The van der Waals surface area contributed by atoms with Crippen molar-refractivity contribution in [3.8, 4) is 5.75 Å². The van der Waals surface area contributed by atoms with Crippen LogP contribution in [0.3, 0.4) is 0 Å². The van der Waals surface area contributed by atoms with Crippen molar-refractivity contribution in [1.29, 1.82) is 5.41 Å². The molecule has 0 radical (unpaired) electrons. The highest BCUT2D eigenvalue weighted by Crippen LogP contribution is 2.18. The van der Waals surface area contributed by atoms with E-state index in [1.165, 1.54) is 18.2 Å². The lowest BCUT2D eigenvalue weighted by atomic mass is 10.2. The molecule has 0 aliphatic rings. The molecule has 0 spiro atoms. The summed E-state index contributed by atoms with van der Waals surface area (Å²) in [5.74, 6) is -0.262. The van der Waals surface area contributed by atoms with Gasteiger partial charge in [0.2, 0.25) is 0 Å². The Balaban J connectivity index is 2.67. The number of amidine groups is 1. The van der Waals surface area contributed by atoms with Gasteiger partial charge in [-0.15, -0.1) is 0 Å². The smallest absolute Gasteiger partial charge is 0.130 e. The molecule has 0 aliphatic heterocycles. The topological polar surface area (TPSA) is 68.3 Å². The van der Waals surface area contributed by atoms with Gasteiger partial charge in [-0.3, -0.25) is 5.41 Å². The monoisotopic (exact) mass is 226 g/mol. The van der Waals surface area contributed by atoms with E-state index in [4.69, 9.17) is 20.6 Å². The first-order chi connectivity index (χ1) is 7.65. The minimum absolute atomic E-state index is 0.217. The Morgan fingerprint density at radius 3 is 2.81 bits per heavy atom. The van der Waals surface area contributed by atoms with Crippen LogP contribution in [0.1, 0.15) is 12.5 Å². The number of rotatable bonds is 6. The van der Waals surface area contributed by atoms with Crippen LogP contribution >= 0.6 is 0 Å². The van der Waals surface area contributed by atoms with Crippen molar-refractivity contribution in [2.75, 3.05) is 19.8 Å². The molecule has 5 heteroatoms. The van der Waals surface area contributed by atoms with E-state index in [9.17, 15) is 4.39 Å². The molecule has 0 saturated heterocycles. The average Bonchev–Trinajstić information content (AvgIpc) is 2.26. The van der Waals surface area contributed by atoms with Crippen molar-refractivity contribution in [3.05, 3.63) is 29.6 Å². The maximum absolute atomic E-state index is 12.9. The van der Waals surface area contributed by atoms with Crippen LogP contribution in [0.25, 0.3) is 0 Å². The zero-order valence-electron chi connectivity index (χ0n) is 9.13. The van der Waals surface area contributed by atoms with Crippen LogP contribution in [0.5, 0.6) is 5.75 Å². The van der Waals surface area contributed by atoms with Gasteiger partial charge in [-0.2, -0.15) is 0 Å². The molecule has 1 rings (SSSR count). The number of halogens is 1. The third kappa shape index (κ3) is 3.51. The van der Waals surface area contributed by atoms with Crippen molar-refractivity contribution >= 4 is 5.84 Å². The number of benzene rings is 1. The molecule has 0 heterocycles. The van der Waals surface area contributed by atoms with E-state index in [1.54, 1.807) is 0 Å². The molecule has 0 aromatic heterocycles. The van der Waals surface area contributed by atoms with Gasteiger partial charge in [-0.1, -0.05) is 0 Å². The predicted molar refractivity (Wildman–Crippen MR) is 59.4 cm³/mol. The molecule has 1 aromatic carbocycles. The Bertz CT molecular complexity index is 369. The maximum atomic E-state index is 12.9. The SMILES string of the molecule is CCOCCOc1ccc(F)cc1C(=N)N. The Kier molecular flexibility index (Phi) is 4.72. The Hall–Kier alpha value is -1.62. The summed E-state index contributed by atoms with van der Waals surface area (Å²) in [7, 11) is 0. The first-order valence-corrected chi connectivity index (χ1v) is 4.99. The van der Waals surface area contributed by atoms with Crippen molar-refractivity contribution < 1.29 is 13.9 Å². The average molecular weight is 226 g/mol. The quantitative estimate of drug-likeness (QED) is 0.439. The summed E-state index contributed by atoms with van der Waals surface area (Å²) in [5, 5.41) is 7.29. The Labute approximate surface area is 93.7 Å². The van der Waals surface area contributed by atoms with Crippen LogP contribution in [0, 0.1) is 11.2 Å². The maximum Gasteiger partial charge on any atom is 0.130 e. The fraction of sp³-hybridized carbons (Fsp3) is 0.364. The molecule has 0 fully saturated rings. The summed E-state index contributed by atoms with van der Waals surface area (Å²) in [4.78, 5) is 0. The number of ether oxygens (including phenoxy) is 2. The standard InChI is InChI=1S/C11H15FN2O2/c1-2-15-5-6-16-10-4-3-8(12)7-9(10)11(13)14/h3-4,7H,2,5-6H2,1H3,(H3,13,14). The molecule has 0 aliphatic carbocycles. The van der Waals surface area contributed by atoms with Crippen LogP contribution in [-0.2, 0) is 4.74 Å². The molecular weight excluding hydrogens is 211 g/mol. The molecule has 0 atom stereocenters. The highest BCUT2D eigenvalue weighted by molar-refractivity contribution is 5.97. The second-order valence-corrected chi connectivity index (χ2v) is 3.10. The van der Waals surface area contributed by atoms with Gasteiger partial charge >= 0.3 is 0 Å². The largest absolute Gasteiger partial charge is 0.490 e. The van der Waals surface area contributed by atoms with E-state index in [-0.39, 0.29) is 11.4 Å². The minimum atomic E-state index is -0.442. The zero-order chi connectivity index (χ0) is 12.0. The second kappa shape index (κ2) is 6.07. The molecule has 88 valence electrons. The zero-order valence-corrected chi connectivity index (χ0v) is 9.13. The number of nitrogens with two attached hydrogens (primary N) is 1. The number of nitrogen functional groups attached to an aromatic ring is 1. The summed E-state index contributed by atoms with van der Waals surface area (Å²) >= 11 is 0. The third-order valence-electron chi connectivity index (χ3n) is 1.92. The van der Waals surface area contributed by atoms with Gasteiger partial charge in [0.1, 0.15) is 24.0 Å². The third-order valence-corrected chi connectivity index (χ3v) is 1.92. The molecule has 3 N–H and O–H groups in total. The minimum Gasteiger partial charge on any atom is -0.490 e. The normalized spacial score (nSPS) is 10.1. The molecule has 1 aromatic rings. The van der Waals surface area contributed by atoms with E-state index in [0.717, 1.165) is 0 Å². The van der Waals surface area contributed by atoms with E-state index >= 15 is 0 Å². The second-order valence-electron chi connectivity index (χ2n) is 3.10. The summed E-state index contributed by atoms with van der Waals surface area (Å²) in [6, 6.07) is 3.90. The molecule has 0 unspecified atom stereocenters. The first-order valence-electron chi connectivity index (χ1n) is 4.99. The van der Waals surface area contributed by atoms with Gasteiger partial charge in [0.25, 0.3) is 0 Å². The van der Waals surface area contributed by atoms with Crippen molar-refractivity contribution in [2.45, 2.75) is 6.92 Å². The summed E-state index contributed by atoms with van der Waals surface area (Å²) in [6.07, 6.45) is 0. The van der Waals surface area contributed by atoms with Crippen LogP contribution in [0.2, 0.25) is 0 Å². The highest BCUT2D eigenvalue weighted by Gasteiger charge is 2.07. The number of hydrogen-bond acceptors (Lipinski definition) is 3. The summed E-state index contributed by atoms with van der Waals surface area (Å²) in [6.45, 7) is 3.30. The van der Waals surface area contributed by atoms with Gasteiger partial charge in [0, 0.05) is 6.61 Å². The number of nitrogens with one attached hydrogen (secondary N) is 1. The molecule has 4 nitrogen and oxygen atoms in total. The molecule has 16 heavy (non-hydrogen) atoms. The van der Waals surface area contributed by atoms with Gasteiger partial charge in [-0.25, -0.2) is 4.39 Å². The van der Waals surface area contributed by atoms with E-state index in [1.807, 2.05) is 6.92 Å². The van der Waals surface area contributed by atoms with Crippen LogP contribution in [-0.4, -0.2) is 25.7 Å². The van der Waals surface area contributed by atoms with Crippen molar-refractivity contribution in [3.63, 3.8) is 0 Å². The number of hydrogen-bond donors (Lipinski definition) is 2. The van der Waals surface area contributed by atoms with Crippen LogP contribution in [0.4, 0.5) is 4.39 Å². The van der Waals surface area contributed by atoms with Gasteiger partial charge in [0.05, 0.1) is 12.2 Å². The van der Waals surface area contributed by atoms with Crippen molar-refractivity contribution in [1.82, 2.24) is 0 Å². The lowest BCUT2D eigenvalue weighted by Crippen LogP contribution is -2.15. The Morgan fingerprint density at radius 1 is 1.44 bits per heavy atom. The fourth-order valence-corrected chi connectivity index (χ4v) is 1.19. The van der Waals surface area contributed by atoms with Crippen LogP contribution < -0.4 is 10.5 Å². The lowest BCUT2D eigenvalue weighted by molar-refractivity contribution is 0.110. The van der Waals surface area contributed by atoms with Gasteiger partial charge in [-0.05, 0) is 25.1 Å². The highest BCUT2D eigenvalue weighted by atomic mass is 19.1. The van der Waals surface area contributed by atoms with E-state index < -0.39 is 5.82 Å². The predicted octanol–water partition coefficient (Wildman–Crippen LogP) is 1.53. The molecule has 0 amide bonds. The summed E-state index contributed by atoms with van der Waals surface area (Å²) < 4.78 is 23.4. The Morgan fingerprint density at radius 2 is 2.19 bits per heavy atom. The first kappa shape index (κ1) is 12.4. The van der Waals surface area contributed by atoms with Crippen molar-refractivity contribution in [2.24, 2.45) is 5.73 Å². The molecule has 0 bridgehead atoms. The molecule has 0 saturated carbocycles. The molecular formula is C11H15FN2O2. The van der Waals surface area contributed by atoms with E-state index in [2.05, 4.69) is 0 Å². The fourth-order valence-electron chi connectivity index (χ4n) is 1.19. The lowest BCUT2D eigenvalue weighted by Gasteiger charge is -2.10. The van der Waals surface area contributed by atoms with Crippen LogP contribution in [0.15, 0.2) is 18.2 Å².